The van der Waals surface area contributed by atoms with Gasteiger partial charge in [0.15, 0.2) is 0 Å². The number of fused-ring (bicyclic) bond motifs is 8. The van der Waals surface area contributed by atoms with E-state index < -0.39 is 0 Å². The highest BCUT2D eigenvalue weighted by molar-refractivity contribution is 6.19. The molecule has 0 radical (unpaired) electrons. The lowest BCUT2D eigenvalue weighted by Gasteiger charge is -2.20. The Bertz CT molecular complexity index is 1360. The van der Waals surface area contributed by atoms with Gasteiger partial charge in [0.1, 0.15) is 0 Å². The summed E-state index contributed by atoms with van der Waals surface area (Å²) in [6.45, 7) is 7.73. The number of aryl methyl sites for hydroxylation is 2. The summed E-state index contributed by atoms with van der Waals surface area (Å²) < 4.78 is 7.93. The summed E-state index contributed by atoms with van der Waals surface area (Å²) in [6.07, 6.45) is 3.88. The molecule has 0 saturated heterocycles. The number of rotatable bonds is 1. The van der Waals surface area contributed by atoms with E-state index in [-0.39, 0.29) is 5.91 Å². The van der Waals surface area contributed by atoms with Crippen LogP contribution in [0.5, 0.6) is 5.88 Å². The van der Waals surface area contributed by atoms with Gasteiger partial charge < -0.3 is 15.0 Å². The molecule has 1 amide bonds. The molecule has 8 heteroatoms. The first kappa shape index (κ1) is 21.8. The van der Waals surface area contributed by atoms with Crippen LogP contribution in [0.3, 0.4) is 0 Å². The zero-order valence-corrected chi connectivity index (χ0v) is 20.6. The molecule has 1 saturated carbocycles. The quantitative estimate of drug-likeness (QED) is 0.552. The van der Waals surface area contributed by atoms with Crippen molar-refractivity contribution in [1.82, 2.24) is 14.8 Å². The van der Waals surface area contributed by atoms with Crippen molar-refractivity contribution in [3.05, 3.63) is 53.3 Å². The number of benzene rings is 1. The van der Waals surface area contributed by atoms with Gasteiger partial charge in [0.25, 0.3) is 5.91 Å². The summed E-state index contributed by atoms with van der Waals surface area (Å²) in [7, 11) is 1.86. The van der Waals surface area contributed by atoms with Crippen LogP contribution in [-0.2, 0) is 7.05 Å². The molecule has 6 rings (SSSR count). The summed E-state index contributed by atoms with van der Waals surface area (Å²) >= 11 is 0. The number of carbonyl (C=O) groups is 1. The van der Waals surface area contributed by atoms with Crippen molar-refractivity contribution in [3.8, 4) is 17.1 Å². The second-order valence-electron chi connectivity index (χ2n) is 10.2. The van der Waals surface area contributed by atoms with Gasteiger partial charge in [0.05, 0.1) is 35.4 Å². The molecule has 2 aromatic heterocycles. The third-order valence-electron chi connectivity index (χ3n) is 7.26. The topological polar surface area (TPSA) is 84.6 Å². The number of hydrogen-bond acceptors (Lipinski definition) is 6. The lowest BCUT2D eigenvalue weighted by Crippen LogP contribution is -2.33. The normalized spacial score (nSPS) is 22.5. The summed E-state index contributed by atoms with van der Waals surface area (Å²) in [5.74, 6) is 2.53. The Morgan fingerprint density at radius 1 is 1.17 bits per heavy atom. The van der Waals surface area contributed by atoms with Gasteiger partial charge in [-0.3, -0.25) is 9.78 Å². The number of nitrogens with one attached hydrogen (secondary N) is 1. The number of anilines is 2. The molecule has 2 atom stereocenters. The molecule has 8 nitrogen and oxygen atoms in total. The summed E-state index contributed by atoms with van der Waals surface area (Å²) in [4.78, 5) is 24.9. The van der Waals surface area contributed by atoms with Crippen LogP contribution in [0.15, 0.2) is 41.5 Å². The number of guanidine groups is 1. The summed E-state index contributed by atoms with van der Waals surface area (Å²) in [5, 5.41) is 7.79. The van der Waals surface area contributed by atoms with Crippen molar-refractivity contribution in [1.29, 1.82) is 0 Å². The first-order valence-electron chi connectivity index (χ1n) is 12.3. The Balaban J connectivity index is 1.44. The maximum atomic E-state index is 13.4. The van der Waals surface area contributed by atoms with Crippen molar-refractivity contribution in [2.45, 2.75) is 39.5 Å². The number of carbonyl (C=O) groups excluding carboxylic acids is 1. The summed E-state index contributed by atoms with van der Waals surface area (Å²) in [6, 6.07) is 10.0. The summed E-state index contributed by atoms with van der Waals surface area (Å²) in [5.41, 5.74) is 6.05. The van der Waals surface area contributed by atoms with E-state index in [4.69, 9.17) is 4.74 Å². The number of aliphatic imine (C=N–C) groups is 1. The molecule has 4 heterocycles. The van der Waals surface area contributed by atoms with Gasteiger partial charge in [-0.15, -0.1) is 0 Å². The van der Waals surface area contributed by atoms with Crippen LogP contribution in [0.2, 0.25) is 0 Å². The van der Waals surface area contributed by atoms with Crippen LogP contribution in [0.1, 0.15) is 54.2 Å². The van der Waals surface area contributed by atoms with Crippen LogP contribution in [-0.4, -0.2) is 39.8 Å². The van der Waals surface area contributed by atoms with E-state index in [9.17, 15) is 4.79 Å². The highest BCUT2D eigenvalue weighted by Crippen LogP contribution is 2.45. The number of ether oxygens (including phenoxy) is 1. The van der Waals surface area contributed by atoms with E-state index in [0.29, 0.717) is 47.5 Å². The smallest absolute Gasteiger partial charge is 0.280 e. The maximum Gasteiger partial charge on any atom is 0.280 e. The number of nitrogens with zero attached hydrogens (tertiary/aromatic N) is 5. The van der Waals surface area contributed by atoms with Crippen LogP contribution < -0.4 is 15.0 Å². The molecule has 1 aliphatic carbocycles. The van der Waals surface area contributed by atoms with Crippen molar-refractivity contribution < 1.29 is 9.53 Å². The van der Waals surface area contributed by atoms with Crippen molar-refractivity contribution in [3.63, 3.8) is 0 Å². The fourth-order valence-corrected chi connectivity index (χ4v) is 5.10. The minimum Gasteiger partial charge on any atom is -0.477 e. The molecule has 3 aromatic rings. The largest absolute Gasteiger partial charge is 0.477 e. The average molecular weight is 471 g/mol. The lowest BCUT2D eigenvalue weighted by molar-refractivity contribution is 0.100. The molecule has 1 fully saturated rings. The maximum absolute atomic E-state index is 13.4. The second-order valence-corrected chi connectivity index (χ2v) is 10.2. The van der Waals surface area contributed by atoms with Crippen LogP contribution >= 0.6 is 0 Å². The predicted molar refractivity (Wildman–Crippen MR) is 136 cm³/mol. The Morgan fingerprint density at radius 2 is 2.03 bits per heavy atom. The molecule has 1 unspecified atom stereocenters. The lowest BCUT2D eigenvalue weighted by atomic mass is 10.0. The van der Waals surface area contributed by atoms with Gasteiger partial charge in [0, 0.05) is 24.8 Å². The number of hydrogen-bond donors (Lipinski definition) is 1. The monoisotopic (exact) mass is 470 g/mol. The Morgan fingerprint density at radius 3 is 2.86 bits per heavy atom. The van der Waals surface area contributed by atoms with Gasteiger partial charge in [0.2, 0.25) is 11.8 Å². The van der Waals surface area contributed by atoms with E-state index in [0.717, 1.165) is 42.0 Å². The average Bonchev–Trinajstić information content (AvgIpc) is 3.33. The van der Waals surface area contributed by atoms with Crippen LogP contribution in [0.25, 0.3) is 11.3 Å². The van der Waals surface area contributed by atoms with Crippen molar-refractivity contribution in [2.24, 2.45) is 23.9 Å². The third-order valence-corrected chi connectivity index (χ3v) is 7.26. The predicted octanol–water partition coefficient (Wildman–Crippen LogP) is 4.76. The molecule has 3 aliphatic rings. The van der Waals surface area contributed by atoms with E-state index in [1.54, 1.807) is 23.0 Å². The van der Waals surface area contributed by atoms with E-state index in [1.165, 1.54) is 5.56 Å². The molecule has 2 aliphatic heterocycles. The molecule has 180 valence electrons. The zero-order chi connectivity index (χ0) is 24.3. The molecule has 35 heavy (non-hydrogen) atoms. The van der Waals surface area contributed by atoms with Gasteiger partial charge >= 0.3 is 0 Å². The van der Waals surface area contributed by atoms with Crippen LogP contribution in [0, 0.1) is 18.8 Å². The van der Waals surface area contributed by atoms with Crippen molar-refractivity contribution in [2.75, 3.05) is 23.4 Å². The zero-order valence-electron chi connectivity index (χ0n) is 20.6. The molecule has 1 aromatic carbocycles. The Hall–Kier alpha value is -3.68. The van der Waals surface area contributed by atoms with Gasteiger partial charge in [-0.2, -0.15) is 10.1 Å². The second kappa shape index (κ2) is 8.22. The molecule has 1 N–H and O–H groups in total. The molecular formula is C27H30N6O2. The molecule has 0 spiro atoms. The fourth-order valence-electron chi connectivity index (χ4n) is 5.10. The highest BCUT2D eigenvalue weighted by Gasteiger charge is 2.41. The number of amides is 1. The van der Waals surface area contributed by atoms with Gasteiger partial charge in [-0.1, -0.05) is 19.9 Å². The van der Waals surface area contributed by atoms with Crippen molar-refractivity contribution >= 4 is 23.2 Å². The SMILES string of the molecule is Cc1cc2cc(n1)-c1cnn(C)c1OCCC1C[C@H]1CN1/C(=N/C2=O)Nc2ccc(C(C)C)cc21. The van der Waals surface area contributed by atoms with E-state index in [1.807, 2.05) is 14.0 Å². The number of pyridine rings is 1. The fraction of sp³-hybridized carbons (Fsp3) is 0.407. The molecular weight excluding hydrogens is 440 g/mol. The van der Waals surface area contributed by atoms with E-state index in [2.05, 4.69) is 57.3 Å². The van der Waals surface area contributed by atoms with Gasteiger partial charge in [-0.05, 0) is 67.3 Å². The molecule has 2 bridgehead atoms. The highest BCUT2D eigenvalue weighted by atomic mass is 16.5. The minimum atomic E-state index is -0.297. The van der Waals surface area contributed by atoms with E-state index >= 15 is 0 Å². The Kier molecular flexibility index (Phi) is 5.12. The van der Waals surface area contributed by atoms with Crippen LogP contribution in [0.4, 0.5) is 11.4 Å². The minimum absolute atomic E-state index is 0.297. The number of aromatic nitrogens is 3. The van der Waals surface area contributed by atoms with Gasteiger partial charge in [-0.25, -0.2) is 4.68 Å². The third kappa shape index (κ3) is 3.96. The first-order valence-corrected chi connectivity index (χ1v) is 12.3. The standard InChI is InChI=1S/C27H30N6O2/c1-15(2)17-5-6-22-24(12-17)33-14-20-10-18(20)7-8-35-26-21(13-28-32(26)4)23-11-19(9-16(3)29-23)25(34)31-27(33)30-22/h5-6,9,11-13,15,18,20H,7-8,10,14H2,1-4H3,(H,30,31,34)/t18?,20-/m0/s1. The Labute approximate surface area is 205 Å². The first-order chi connectivity index (χ1) is 16.9.